The van der Waals surface area contributed by atoms with E-state index in [0.717, 1.165) is 19.3 Å². The van der Waals surface area contributed by atoms with Gasteiger partial charge in [-0.2, -0.15) is 0 Å². The predicted octanol–water partition coefficient (Wildman–Crippen LogP) is 4.90. The lowest BCUT2D eigenvalue weighted by Crippen LogP contribution is -2.39. The second kappa shape index (κ2) is 9.47. The Labute approximate surface area is 182 Å². The minimum Gasteiger partial charge on any atom is -0.480 e. The van der Waals surface area contributed by atoms with E-state index in [-0.39, 0.29) is 17.9 Å². The summed E-state index contributed by atoms with van der Waals surface area (Å²) in [5, 5.41) is 5.98. The molecule has 31 heavy (non-hydrogen) atoms. The summed E-state index contributed by atoms with van der Waals surface area (Å²) in [7, 11) is 0. The number of carbonyl (C=O) groups excluding carboxylic acids is 2. The summed E-state index contributed by atoms with van der Waals surface area (Å²) in [5.74, 6) is -0.0989. The van der Waals surface area contributed by atoms with E-state index < -0.39 is 6.10 Å². The molecule has 5 heteroatoms. The molecule has 1 aliphatic rings. The highest BCUT2D eigenvalue weighted by atomic mass is 16.5. The Morgan fingerprint density at radius 2 is 1.65 bits per heavy atom. The maximum Gasteiger partial charge on any atom is 0.261 e. The summed E-state index contributed by atoms with van der Waals surface area (Å²) in [6.45, 7) is 1.70. The van der Waals surface area contributed by atoms with Crippen molar-refractivity contribution in [2.45, 2.75) is 38.3 Å². The smallest absolute Gasteiger partial charge is 0.261 e. The molecule has 0 bridgehead atoms. The van der Waals surface area contributed by atoms with Gasteiger partial charge in [-0.25, -0.2) is 0 Å². The Bertz CT molecular complexity index is 1070. The molecule has 158 valence electrons. The number of fused-ring (bicyclic) bond motifs is 1. The van der Waals surface area contributed by atoms with Gasteiger partial charge in [0.25, 0.3) is 11.8 Å². The van der Waals surface area contributed by atoms with Gasteiger partial charge in [-0.05, 0) is 61.6 Å². The number of benzene rings is 3. The van der Waals surface area contributed by atoms with Crippen LogP contribution in [0.15, 0.2) is 78.9 Å². The van der Waals surface area contributed by atoms with Gasteiger partial charge in [-0.15, -0.1) is 0 Å². The lowest BCUT2D eigenvalue weighted by molar-refractivity contribution is -0.128. The van der Waals surface area contributed by atoms with Gasteiger partial charge < -0.3 is 15.4 Å². The monoisotopic (exact) mass is 414 g/mol. The molecule has 0 fully saturated rings. The Hall–Kier alpha value is -3.60. The van der Waals surface area contributed by atoms with E-state index in [1.54, 1.807) is 31.2 Å². The molecule has 0 aliphatic heterocycles. The summed E-state index contributed by atoms with van der Waals surface area (Å²) in [6, 6.07) is 24.4. The Kier molecular flexibility index (Phi) is 6.32. The Balaban J connectivity index is 1.44. The third-order valence-corrected chi connectivity index (χ3v) is 5.52. The molecule has 2 atom stereocenters. The first kappa shape index (κ1) is 20.7. The molecule has 0 aromatic heterocycles. The van der Waals surface area contributed by atoms with Crippen LogP contribution in [0.5, 0.6) is 5.75 Å². The molecule has 2 amide bonds. The van der Waals surface area contributed by atoms with Crippen LogP contribution in [0.2, 0.25) is 0 Å². The molecule has 3 aromatic rings. The van der Waals surface area contributed by atoms with Crippen molar-refractivity contribution in [2.75, 3.05) is 5.32 Å². The van der Waals surface area contributed by atoms with E-state index in [1.165, 1.54) is 11.1 Å². The number of para-hydroxylation sites is 2. The number of hydrogen-bond acceptors (Lipinski definition) is 3. The molecule has 1 aliphatic carbocycles. The molecule has 0 radical (unpaired) electrons. The van der Waals surface area contributed by atoms with Crippen molar-refractivity contribution in [2.24, 2.45) is 0 Å². The van der Waals surface area contributed by atoms with Crippen LogP contribution < -0.4 is 15.4 Å². The average molecular weight is 415 g/mol. The highest BCUT2D eigenvalue weighted by molar-refractivity contribution is 6.06. The summed E-state index contributed by atoms with van der Waals surface area (Å²) >= 11 is 0. The lowest BCUT2D eigenvalue weighted by atomic mass is 9.87. The average Bonchev–Trinajstić information content (AvgIpc) is 2.80. The number of nitrogens with one attached hydrogen (secondary N) is 2. The SMILES string of the molecule is C[C@@H](Oc1ccccc1C(=O)Nc1ccccc1)C(=O)N[C@H]1CCCc2ccccc21. The largest absolute Gasteiger partial charge is 0.480 e. The molecule has 5 nitrogen and oxygen atoms in total. The van der Waals surface area contributed by atoms with E-state index in [9.17, 15) is 9.59 Å². The molecule has 3 aromatic carbocycles. The molecular formula is C26H26N2O3. The zero-order chi connectivity index (χ0) is 21.6. The fourth-order valence-corrected chi connectivity index (χ4v) is 3.91. The molecule has 2 N–H and O–H groups in total. The van der Waals surface area contributed by atoms with Gasteiger partial charge in [0.05, 0.1) is 11.6 Å². The maximum absolute atomic E-state index is 12.9. The van der Waals surface area contributed by atoms with Crippen molar-refractivity contribution in [3.63, 3.8) is 0 Å². The third-order valence-electron chi connectivity index (χ3n) is 5.52. The summed E-state index contributed by atoms with van der Waals surface area (Å²) in [5.41, 5.74) is 3.55. The van der Waals surface area contributed by atoms with E-state index in [0.29, 0.717) is 17.0 Å². The van der Waals surface area contributed by atoms with Crippen molar-refractivity contribution in [3.05, 3.63) is 95.6 Å². The number of carbonyl (C=O) groups is 2. The fraction of sp³-hybridized carbons (Fsp3) is 0.231. The number of ether oxygens (including phenoxy) is 1. The van der Waals surface area contributed by atoms with Crippen molar-refractivity contribution < 1.29 is 14.3 Å². The Morgan fingerprint density at radius 3 is 2.48 bits per heavy atom. The van der Waals surface area contributed by atoms with Crippen molar-refractivity contribution in [1.29, 1.82) is 0 Å². The first-order valence-electron chi connectivity index (χ1n) is 10.6. The second-order valence-corrected chi connectivity index (χ2v) is 7.73. The first-order chi connectivity index (χ1) is 15.1. The molecule has 0 saturated heterocycles. The van der Waals surface area contributed by atoms with Crippen molar-refractivity contribution >= 4 is 17.5 Å². The van der Waals surface area contributed by atoms with E-state index in [1.807, 2.05) is 42.5 Å². The van der Waals surface area contributed by atoms with Gasteiger partial charge in [-0.3, -0.25) is 9.59 Å². The molecule has 0 unspecified atom stereocenters. The fourth-order valence-electron chi connectivity index (χ4n) is 3.91. The summed E-state index contributed by atoms with van der Waals surface area (Å²) < 4.78 is 5.92. The summed E-state index contributed by atoms with van der Waals surface area (Å²) in [6.07, 6.45) is 2.25. The number of aryl methyl sites for hydroxylation is 1. The first-order valence-corrected chi connectivity index (χ1v) is 10.6. The van der Waals surface area contributed by atoms with Crippen LogP contribution in [-0.2, 0) is 11.2 Å². The highest BCUT2D eigenvalue weighted by Gasteiger charge is 2.25. The van der Waals surface area contributed by atoms with Gasteiger partial charge in [0.1, 0.15) is 5.75 Å². The van der Waals surface area contributed by atoms with Gasteiger partial charge >= 0.3 is 0 Å². The molecule has 0 heterocycles. The molecule has 4 rings (SSSR count). The van der Waals surface area contributed by atoms with Crippen molar-refractivity contribution in [3.8, 4) is 5.75 Å². The highest BCUT2D eigenvalue weighted by Crippen LogP contribution is 2.29. The topological polar surface area (TPSA) is 67.4 Å². The minimum atomic E-state index is -0.736. The molecule has 0 spiro atoms. The molecular weight excluding hydrogens is 388 g/mol. The van der Waals surface area contributed by atoms with E-state index in [4.69, 9.17) is 4.74 Å². The van der Waals surface area contributed by atoms with Crippen LogP contribution in [0, 0.1) is 0 Å². The minimum absolute atomic E-state index is 0.0138. The Morgan fingerprint density at radius 1 is 0.935 bits per heavy atom. The van der Waals surface area contributed by atoms with Crippen LogP contribution in [-0.4, -0.2) is 17.9 Å². The predicted molar refractivity (Wildman–Crippen MR) is 121 cm³/mol. The van der Waals surface area contributed by atoms with Crippen molar-refractivity contribution in [1.82, 2.24) is 5.32 Å². The van der Waals surface area contributed by atoms with Crippen LogP contribution >= 0.6 is 0 Å². The van der Waals surface area contributed by atoms with E-state index >= 15 is 0 Å². The standard InChI is InChI=1S/C26H26N2O3/c1-18(25(29)28-23-16-9-11-19-10-5-6-14-21(19)23)31-24-17-8-7-15-22(24)26(30)27-20-12-3-2-4-13-20/h2-8,10,12-15,17-18,23H,9,11,16H2,1H3,(H,27,30)(H,28,29)/t18-,23+/m1/s1. The number of amides is 2. The van der Waals surface area contributed by atoms with Crippen LogP contribution in [0.25, 0.3) is 0 Å². The summed E-state index contributed by atoms with van der Waals surface area (Å²) in [4.78, 5) is 25.6. The zero-order valence-corrected chi connectivity index (χ0v) is 17.5. The number of anilines is 1. The lowest BCUT2D eigenvalue weighted by Gasteiger charge is -2.27. The van der Waals surface area contributed by atoms with Crippen LogP contribution in [0.1, 0.15) is 47.3 Å². The third kappa shape index (κ3) is 4.94. The molecule has 0 saturated carbocycles. The zero-order valence-electron chi connectivity index (χ0n) is 17.5. The second-order valence-electron chi connectivity index (χ2n) is 7.73. The van der Waals surface area contributed by atoms with E-state index in [2.05, 4.69) is 22.8 Å². The maximum atomic E-state index is 12.9. The number of rotatable bonds is 6. The van der Waals surface area contributed by atoms with Crippen LogP contribution in [0.4, 0.5) is 5.69 Å². The van der Waals surface area contributed by atoms with Gasteiger partial charge in [0.2, 0.25) is 0 Å². The quantitative estimate of drug-likeness (QED) is 0.603. The van der Waals surface area contributed by atoms with Gasteiger partial charge in [0, 0.05) is 5.69 Å². The number of hydrogen-bond donors (Lipinski definition) is 2. The van der Waals surface area contributed by atoms with Crippen LogP contribution in [0.3, 0.4) is 0 Å². The normalized spacial score (nSPS) is 16.0. The van der Waals surface area contributed by atoms with Gasteiger partial charge in [0.15, 0.2) is 6.10 Å². The van der Waals surface area contributed by atoms with Gasteiger partial charge in [-0.1, -0.05) is 54.6 Å².